The first kappa shape index (κ1) is 16.2. The molecule has 9 nitrogen and oxygen atoms in total. The molecule has 1 aliphatic rings. The summed E-state index contributed by atoms with van der Waals surface area (Å²) in [6.45, 7) is 0.893. The van der Waals surface area contributed by atoms with E-state index in [1.54, 1.807) is 6.92 Å². The van der Waals surface area contributed by atoms with Gasteiger partial charge < -0.3 is 41.3 Å². The summed E-state index contributed by atoms with van der Waals surface area (Å²) < 4.78 is 4.74. The zero-order chi connectivity index (χ0) is 14.8. The second-order valence-electron chi connectivity index (χ2n) is 4.70. The number of nitrogens with two attached hydrogens (primary N) is 1. The van der Waals surface area contributed by atoms with Crippen molar-refractivity contribution in [3.05, 3.63) is 0 Å². The molecule has 0 saturated carbocycles. The zero-order valence-corrected chi connectivity index (χ0v) is 10.4. The van der Waals surface area contributed by atoms with Crippen molar-refractivity contribution in [3.8, 4) is 0 Å². The van der Waals surface area contributed by atoms with Gasteiger partial charge in [-0.25, -0.2) is 0 Å². The van der Waals surface area contributed by atoms with E-state index in [0.717, 1.165) is 0 Å². The van der Waals surface area contributed by atoms with E-state index in [1.807, 2.05) is 5.32 Å². The van der Waals surface area contributed by atoms with Gasteiger partial charge in [-0.05, 0) is 6.92 Å². The molecule has 1 rings (SSSR count). The van der Waals surface area contributed by atoms with Gasteiger partial charge in [0.15, 0.2) is 0 Å². The normalized spacial score (nSPS) is 40.8. The molecule has 0 bridgehead atoms. The van der Waals surface area contributed by atoms with Crippen LogP contribution in [0.1, 0.15) is 13.3 Å². The third kappa shape index (κ3) is 3.39. The zero-order valence-electron chi connectivity index (χ0n) is 10.4. The smallest absolute Gasteiger partial charge is 0.223 e. The summed E-state index contributed by atoms with van der Waals surface area (Å²) >= 11 is 0. The number of hydrogen-bond acceptors (Lipinski definition) is 8. The maximum Gasteiger partial charge on any atom is 0.223 e. The lowest BCUT2D eigenvalue weighted by Crippen LogP contribution is -2.73. The maximum atomic E-state index is 11.5. The molecule has 1 saturated heterocycles. The van der Waals surface area contributed by atoms with Gasteiger partial charge >= 0.3 is 0 Å². The molecule has 1 amide bonds. The predicted octanol–water partition coefficient (Wildman–Crippen LogP) is -4.04. The Bertz CT molecular complexity index is 327. The highest BCUT2D eigenvalue weighted by atomic mass is 16.6. The minimum absolute atomic E-state index is 0.152. The third-order valence-electron chi connectivity index (χ3n) is 2.86. The Labute approximate surface area is 109 Å². The van der Waals surface area contributed by atoms with E-state index in [-0.39, 0.29) is 6.42 Å². The molecule has 19 heavy (non-hydrogen) atoms. The van der Waals surface area contributed by atoms with Crippen LogP contribution in [0.5, 0.6) is 0 Å². The Balaban J connectivity index is 2.81. The Morgan fingerprint density at radius 1 is 1.47 bits per heavy atom. The van der Waals surface area contributed by atoms with Crippen molar-refractivity contribution < 1.29 is 35.1 Å². The molecule has 0 aromatic carbocycles. The van der Waals surface area contributed by atoms with Crippen molar-refractivity contribution in [1.82, 2.24) is 5.32 Å². The van der Waals surface area contributed by atoms with Gasteiger partial charge in [-0.2, -0.15) is 0 Å². The lowest BCUT2D eigenvalue weighted by Gasteiger charge is -2.45. The quantitative estimate of drug-likeness (QED) is 0.256. The number of ether oxygens (including phenoxy) is 1. The van der Waals surface area contributed by atoms with Crippen LogP contribution in [0.3, 0.4) is 0 Å². The van der Waals surface area contributed by atoms with E-state index in [1.165, 1.54) is 0 Å². The molecule has 8 N–H and O–H groups in total. The van der Waals surface area contributed by atoms with Gasteiger partial charge in [0.1, 0.15) is 18.3 Å². The average molecular weight is 280 g/mol. The van der Waals surface area contributed by atoms with E-state index in [9.17, 15) is 25.2 Å². The Morgan fingerprint density at radius 2 is 2.05 bits per heavy atom. The van der Waals surface area contributed by atoms with Gasteiger partial charge in [0.25, 0.3) is 0 Å². The molecule has 0 spiro atoms. The topological polar surface area (TPSA) is 166 Å². The fourth-order valence-corrected chi connectivity index (χ4v) is 1.81. The van der Waals surface area contributed by atoms with Crippen LogP contribution in [-0.2, 0) is 9.53 Å². The van der Waals surface area contributed by atoms with E-state index < -0.39 is 48.9 Å². The molecule has 2 unspecified atom stereocenters. The maximum absolute atomic E-state index is 11.5. The van der Waals surface area contributed by atoms with Crippen LogP contribution in [0, 0.1) is 0 Å². The van der Waals surface area contributed by atoms with Crippen LogP contribution < -0.4 is 11.1 Å². The van der Waals surface area contributed by atoms with Crippen molar-refractivity contribution in [3.63, 3.8) is 0 Å². The minimum atomic E-state index is -2.57. The molecule has 0 radical (unpaired) electrons. The number of amides is 1. The second kappa shape index (κ2) is 6.09. The van der Waals surface area contributed by atoms with Gasteiger partial charge in [-0.15, -0.1) is 0 Å². The number of nitrogens with one attached hydrogen (secondary N) is 1. The summed E-state index contributed by atoms with van der Waals surface area (Å²) in [7, 11) is 0. The number of hydrogen-bond donors (Lipinski definition) is 7. The van der Waals surface area contributed by atoms with E-state index >= 15 is 0 Å². The van der Waals surface area contributed by atoms with E-state index in [4.69, 9.17) is 15.6 Å². The summed E-state index contributed by atoms with van der Waals surface area (Å²) in [4.78, 5) is 11.5. The standard InChI is InChI=1S/C10H20N2O7/c1-4(11)2-6(14)12-10(18)8(16)7(15)5(3-13)19-9(10)17/h4-5,7-9,13,15-18H,2-3,11H2,1H3,(H,12,14)/t4?,5-,7-,8+,9?,10-/m1/s1. The summed E-state index contributed by atoms with van der Waals surface area (Å²) in [5.41, 5.74) is 2.83. The van der Waals surface area contributed by atoms with Crippen molar-refractivity contribution in [2.24, 2.45) is 5.73 Å². The van der Waals surface area contributed by atoms with E-state index in [0.29, 0.717) is 0 Å². The SMILES string of the molecule is CC(N)CC(=O)N[C@]1(O)C(O)O[C@H](CO)[C@@H](O)[C@@H]1O. The summed E-state index contributed by atoms with van der Waals surface area (Å²) in [6.07, 6.45) is -7.02. The molecule has 1 fully saturated rings. The van der Waals surface area contributed by atoms with Gasteiger partial charge in [-0.1, -0.05) is 0 Å². The monoisotopic (exact) mass is 280 g/mol. The van der Waals surface area contributed by atoms with Gasteiger partial charge in [0, 0.05) is 12.5 Å². The minimum Gasteiger partial charge on any atom is -0.394 e. The number of rotatable bonds is 4. The summed E-state index contributed by atoms with van der Waals surface area (Å²) in [5.74, 6) is -0.728. The molecule has 6 atom stereocenters. The number of aliphatic hydroxyl groups is 5. The van der Waals surface area contributed by atoms with E-state index in [2.05, 4.69) is 0 Å². The number of aliphatic hydroxyl groups excluding tert-OH is 4. The van der Waals surface area contributed by atoms with Crippen LogP contribution in [0.15, 0.2) is 0 Å². The highest BCUT2D eigenvalue weighted by molar-refractivity contribution is 5.77. The predicted molar refractivity (Wildman–Crippen MR) is 61.3 cm³/mol. The molecule has 0 aromatic heterocycles. The molecule has 112 valence electrons. The fourth-order valence-electron chi connectivity index (χ4n) is 1.81. The lowest BCUT2D eigenvalue weighted by atomic mass is 9.93. The second-order valence-corrected chi connectivity index (χ2v) is 4.70. The van der Waals surface area contributed by atoms with Crippen LogP contribution in [0.4, 0.5) is 0 Å². The number of carbonyl (C=O) groups excluding carboxylic acids is 1. The van der Waals surface area contributed by atoms with Crippen molar-refractivity contribution in [2.75, 3.05) is 6.61 Å². The Kier molecular flexibility index (Phi) is 5.21. The number of carbonyl (C=O) groups is 1. The first-order valence-electron chi connectivity index (χ1n) is 5.81. The largest absolute Gasteiger partial charge is 0.394 e. The van der Waals surface area contributed by atoms with Gasteiger partial charge in [0.05, 0.1) is 6.61 Å². The third-order valence-corrected chi connectivity index (χ3v) is 2.86. The molecule has 0 aromatic rings. The first-order chi connectivity index (χ1) is 8.72. The molecule has 9 heteroatoms. The Hall–Kier alpha value is -0.810. The molecule has 1 heterocycles. The van der Waals surface area contributed by atoms with Gasteiger partial charge in [0.2, 0.25) is 17.9 Å². The van der Waals surface area contributed by atoms with Crippen LogP contribution in [-0.4, -0.2) is 74.4 Å². The van der Waals surface area contributed by atoms with Crippen molar-refractivity contribution >= 4 is 5.91 Å². The van der Waals surface area contributed by atoms with Gasteiger partial charge in [-0.3, -0.25) is 4.79 Å². The average Bonchev–Trinajstić information content (AvgIpc) is 2.30. The summed E-state index contributed by atoms with van der Waals surface area (Å²) in [5, 5.41) is 49.8. The Morgan fingerprint density at radius 3 is 2.53 bits per heavy atom. The van der Waals surface area contributed by atoms with Crippen LogP contribution >= 0.6 is 0 Å². The molecular formula is C10H20N2O7. The molecule has 1 aliphatic heterocycles. The van der Waals surface area contributed by atoms with Crippen molar-refractivity contribution in [1.29, 1.82) is 0 Å². The fraction of sp³-hybridized carbons (Fsp3) is 0.900. The lowest BCUT2D eigenvalue weighted by molar-refractivity contribution is -0.336. The molecule has 0 aliphatic carbocycles. The molecular weight excluding hydrogens is 260 g/mol. The highest BCUT2D eigenvalue weighted by Gasteiger charge is 2.55. The summed E-state index contributed by atoms with van der Waals surface area (Å²) in [6, 6.07) is -0.488. The first-order valence-corrected chi connectivity index (χ1v) is 5.81. The van der Waals surface area contributed by atoms with Crippen LogP contribution in [0.25, 0.3) is 0 Å². The van der Waals surface area contributed by atoms with Crippen LogP contribution in [0.2, 0.25) is 0 Å². The van der Waals surface area contributed by atoms with Crippen molar-refractivity contribution in [2.45, 2.75) is 49.7 Å². The highest BCUT2D eigenvalue weighted by Crippen LogP contribution is 2.26.